The minimum atomic E-state index is -0.374. The summed E-state index contributed by atoms with van der Waals surface area (Å²) in [5, 5.41) is 3.20. The van der Waals surface area contributed by atoms with Gasteiger partial charge < -0.3 is 5.32 Å². The number of benzene rings is 1. The molecule has 5 nitrogen and oxygen atoms in total. The molecule has 3 heterocycles. The Morgan fingerprint density at radius 3 is 2.41 bits per heavy atom. The summed E-state index contributed by atoms with van der Waals surface area (Å²) in [5.74, 6) is 0.182. The fraction of sp³-hybridized carbons (Fsp3) is 0.370. The summed E-state index contributed by atoms with van der Waals surface area (Å²) in [4.78, 5) is 24.4. The predicted octanol–water partition coefficient (Wildman–Crippen LogP) is 4.49. The van der Waals surface area contributed by atoms with Crippen LogP contribution in [0, 0.1) is 5.41 Å². The number of nitrogens with zero attached hydrogens (tertiary/aromatic N) is 3. The molecule has 1 aromatic carbocycles. The van der Waals surface area contributed by atoms with Gasteiger partial charge in [0.2, 0.25) is 5.91 Å². The van der Waals surface area contributed by atoms with Crippen molar-refractivity contribution in [3.8, 4) is 11.1 Å². The first kappa shape index (κ1) is 22.2. The molecule has 32 heavy (non-hydrogen) atoms. The predicted molar refractivity (Wildman–Crippen MR) is 128 cm³/mol. The first-order valence-corrected chi connectivity index (χ1v) is 11.5. The van der Waals surface area contributed by atoms with Crippen molar-refractivity contribution in [2.75, 3.05) is 13.1 Å². The number of carbonyl (C=O) groups excluding carboxylic acids is 1. The summed E-state index contributed by atoms with van der Waals surface area (Å²) >= 11 is 0. The van der Waals surface area contributed by atoms with Crippen LogP contribution < -0.4 is 5.32 Å². The molecule has 166 valence electrons. The largest absolute Gasteiger partial charge is 0.353 e. The molecule has 0 bridgehead atoms. The lowest BCUT2D eigenvalue weighted by molar-refractivity contribution is -0.134. The Balaban J connectivity index is 1.48. The molecule has 1 saturated heterocycles. The van der Waals surface area contributed by atoms with Gasteiger partial charge in [0.05, 0.1) is 11.1 Å². The van der Waals surface area contributed by atoms with Crippen molar-refractivity contribution >= 4 is 5.91 Å². The zero-order valence-corrected chi connectivity index (χ0v) is 19.0. The molecule has 1 aliphatic heterocycles. The Hall–Kier alpha value is -3.05. The van der Waals surface area contributed by atoms with Crippen LogP contribution in [0.5, 0.6) is 0 Å². The van der Waals surface area contributed by atoms with E-state index in [1.54, 1.807) is 6.20 Å². The van der Waals surface area contributed by atoms with E-state index < -0.39 is 0 Å². The second-order valence-corrected chi connectivity index (χ2v) is 9.12. The van der Waals surface area contributed by atoms with Gasteiger partial charge in [0, 0.05) is 31.2 Å². The highest BCUT2D eigenvalue weighted by Gasteiger charge is 2.41. The number of nitrogens with one attached hydrogen (secondary N) is 1. The number of carbonyl (C=O) groups is 1. The summed E-state index contributed by atoms with van der Waals surface area (Å²) in [6.07, 6.45) is 7.97. The van der Waals surface area contributed by atoms with Crippen molar-refractivity contribution in [3.05, 3.63) is 84.4 Å². The highest BCUT2D eigenvalue weighted by molar-refractivity contribution is 5.83. The molecule has 5 heteroatoms. The van der Waals surface area contributed by atoms with Crippen LogP contribution in [0.15, 0.2) is 73.2 Å². The van der Waals surface area contributed by atoms with Crippen molar-refractivity contribution in [2.45, 2.75) is 45.7 Å². The Labute approximate surface area is 190 Å². The van der Waals surface area contributed by atoms with E-state index >= 15 is 0 Å². The van der Waals surface area contributed by atoms with Gasteiger partial charge in [0.1, 0.15) is 0 Å². The molecule has 1 fully saturated rings. The molecule has 0 spiro atoms. The third-order valence-electron chi connectivity index (χ3n) is 6.32. The van der Waals surface area contributed by atoms with E-state index in [0.29, 0.717) is 0 Å². The van der Waals surface area contributed by atoms with Crippen LogP contribution in [0.3, 0.4) is 0 Å². The lowest BCUT2D eigenvalue weighted by atomic mass is 9.72. The Kier molecular flexibility index (Phi) is 6.96. The number of hydrogen-bond acceptors (Lipinski definition) is 4. The average Bonchev–Trinajstić information content (AvgIpc) is 2.82. The number of pyridine rings is 2. The Morgan fingerprint density at radius 2 is 1.78 bits per heavy atom. The van der Waals surface area contributed by atoms with Gasteiger partial charge >= 0.3 is 0 Å². The second-order valence-electron chi connectivity index (χ2n) is 9.12. The summed E-state index contributed by atoms with van der Waals surface area (Å²) in [7, 11) is 0. The van der Waals surface area contributed by atoms with Gasteiger partial charge in [-0.1, -0.05) is 36.4 Å². The number of likely N-dealkylation sites (tertiary alicyclic amines) is 1. The molecule has 0 radical (unpaired) electrons. The van der Waals surface area contributed by atoms with Crippen molar-refractivity contribution in [1.29, 1.82) is 0 Å². The molecule has 0 aliphatic carbocycles. The van der Waals surface area contributed by atoms with E-state index in [0.717, 1.165) is 55.7 Å². The highest BCUT2D eigenvalue weighted by atomic mass is 16.2. The monoisotopic (exact) mass is 428 g/mol. The number of aromatic nitrogens is 2. The maximum absolute atomic E-state index is 13.3. The highest BCUT2D eigenvalue weighted by Crippen LogP contribution is 2.36. The van der Waals surface area contributed by atoms with E-state index in [1.165, 1.54) is 5.56 Å². The van der Waals surface area contributed by atoms with Crippen LogP contribution >= 0.6 is 0 Å². The van der Waals surface area contributed by atoms with Crippen LogP contribution in [0.25, 0.3) is 11.1 Å². The first-order valence-electron chi connectivity index (χ1n) is 11.5. The fourth-order valence-corrected chi connectivity index (χ4v) is 4.50. The van der Waals surface area contributed by atoms with Crippen LogP contribution in [-0.2, 0) is 17.8 Å². The molecule has 4 rings (SSSR count). The lowest BCUT2D eigenvalue weighted by Crippen LogP contribution is -2.51. The van der Waals surface area contributed by atoms with E-state index in [9.17, 15) is 4.79 Å². The molecule has 1 N–H and O–H groups in total. The minimum Gasteiger partial charge on any atom is -0.353 e. The van der Waals surface area contributed by atoms with Crippen LogP contribution in [0.2, 0.25) is 0 Å². The molecular weight excluding hydrogens is 396 g/mol. The fourth-order valence-electron chi connectivity index (χ4n) is 4.50. The second kappa shape index (κ2) is 10.0. The van der Waals surface area contributed by atoms with Gasteiger partial charge in [-0.25, -0.2) is 0 Å². The normalized spacial score (nSPS) is 16.1. The zero-order valence-electron chi connectivity index (χ0n) is 19.0. The Morgan fingerprint density at radius 1 is 1.00 bits per heavy atom. The number of rotatable bonds is 7. The summed E-state index contributed by atoms with van der Waals surface area (Å²) in [6, 6.07) is 18.8. The quantitative estimate of drug-likeness (QED) is 0.602. The topological polar surface area (TPSA) is 58.1 Å². The van der Waals surface area contributed by atoms with Gasteiger partial charge in [-0.15, -0.1) is 0 Å². The number of hydrogen-bond donors (Lipinski definition) is 1. The smallest absolute Gasteiger partial charge is 0.226 e. The van der Waals surface area contributed by atoms with Crippen LogP contribution in [0.1, 0.15) is 37.9 Å². The third-order valence-corrected chi connectivity index (χ3v) is 6.32. The lowest BCUT2D eigenvalue weighted by Gasteiger charge is -2.41. The van der Waals surface area contributed by atoms with Gasteiger partial charge in [-0.2, -0.15) is 0 Å². The third kappa shape index (κ3) is 5.40. The van der Waals surface area contributed by atoms with Crippen molar-refractivity contribution in [3.63, 3.8) is 0 Å². The number of amides is 1. The average molecular weight is 429 g/mol. The van der Waals surface area contributed by atoms with Gasteiger partial charge in [-0.05, 0) is 81.1 Å². The maximum atomic E-state index is 13.3. The molecule has 1 amide bonds. The first-order chi connectivity index (χ1) is 15.5. The SMILES string of the molecule is CC(C)NC(=O)C1(Cc2ccc(-c3cccnc3)cc2)CCN(Cc2ccccn2)CC1. The standard InChI is InChI=1S/C27H32N4O/c1-21(2)30-26(32)27(12-16-31(17-13-27)20-25-7-3-4-15-29-25)18-22-8-10-23(11-9-22)24-6-5-14-28-19-24/h3-11,14-15,19,21H,12-13,16-18,20H2,1-2H3,(H,30,32). The molecule has 0 unspecified atom stereocenters. The van der Waals surface area contributed by atoms with Gasteiger partial charge in [0.25, 0.3) is 0 Å². The molecule has 3 aromatic rings. The van der Waals surface area contributed by atoms with Crippen LogP contribution in [0.4, 0.5) is 0 Å². The maximum Gasteiger partial charge on any atom is 0.226 e. The number of piperidine rings is 1. The van der Waals surface area contributed by atoms with E-state index in [2.05, 4.69) is 56.6 Å². The minimum absolute atomic E-state index is 0.138. The summed E-state index contributed by atoms with van der Waals surface area (Å²) in [6.45, 7) is 6.70. The molecule has 0 atom stereocenters. The Bertz CT molecular complexity index is 995. The van der Waals surface area contributed by atoms with Crippen molar-refractivity contribution < 1.29 is 4.79 Å². The summed E-state index contributed by atoms with van der Waals surface area (Å²) in [5.41, 5.74) is 4.16. The van der Waals surface area contributed by atoms with E-state index in [4.69, 9.17) is 0 Å². The molecule has 0 saturated carbocycles. The molecular formula is C27H32N4O. The van der Waals surface area contributed by atoms with E-state index in [-0.39, 0.29) is 17.4 Å². The summed E-state index contributed by atoms with van der Waals surface area (Å²) < 4.78 is 0. The zero-order chi connectivity index (χ0) is 22.4. The van der Waals surface area contributed by atoms with Crippen molar-refractivity contribution in [2.24, 2.45) is 5.41 Å². The van der Waals surface area contributed by atoms with Gasteiger partial charge in [0.15, 0.2) is 0 Å². The van der Waals surface area contributed by atoms with Crippen molar-refractivity contribution in [1.82, 2.24) is 20.2 Å². The molecule has 2 aromatic heterocycles. The van der Waals surface area contributed by atoms with Gasteiger partial charge in [-0.3, -0.25) is 19.7 Å². The van der Waals surface area contributed by atoms with E-state index in [1.807, 2.05) is 44.4 Å². The molecule has 1 aliphatic rings. The van der Waals surface area contributed by atoms with Crippen LogP contribution in [-0.4, -0.2) is 39.9 Å².